The third kappa shape index (κ3) is 7.58. The molecule has 0 fully saturated rings. The summed E-state index contributed by atoms with van der Waals surface area (Å²) in [7, 11) is 0. The van der Waals surface area contributed by atoms with Crippen molar-refractivity contribution in [2.45, 2.75) is 0 Å². The zero-order valence-corrected chi connectivity index (χ0v) is 47.8. The lowest BCUT2D eigenvalue weighted by Crippen LogP contribution is -2.09. The summed E-state index contributed by atoms with van der Waals surface area (Å²) in [5, 5.41) is 21.7. The molecule has 0 atom stereocenters. The first kappa shape index (κ1) is 49.5. The molecule has 0 saturated carbocycles. The Hall–Kier alpha value is -11.1. The second-order valence-electron chi connectivity index (χ2n) is 22.0. The molecule has 0 N–H and O–H groups in total. The molecule has 0 aliphatic carbocycles. The fourth-order valence-electron chi connectivity index (χ4n) is 13.5. The second-order valence-corrected chi connectivity index (χ2v) is 24.1. The zero-order valence-electron chi connectivity index (χ0n) is 46.2. The van der Waals surface area contributed by atoms with Crippen LogP contribution >= 0.6 is 22.7 Å². The summed E-state index contributed by atoms with van der Waals surface area (Å²) >= 11 is 3.58. The van der Waals surface area contributed by atoms with Gasteiger partial charge in [0.05, 0.1) is 55.0 Å². The van der Waals surface area contributed by atoms with Gasteiger partial charge in [0.15, 0.2) is 0 Å². The van der Waals surface area contributed by atoms with Gasteiger partial charge in [0.25, 0.3) is 0 Å². The van der Waals surface area contributed by atoms with E-state index in [1.165, 1.54) is 20.2 Å². The van der Waals surface area contributed by atoms with Gasteiger partial charge in [-0.1, -0.05) is 243 Å². The molecule has 0 radical (unpaired) electrons. The van der Waals surface area contributed by atoms with E-state index >= 15 is 0 Å². The maximum Gasteiger partial charge on any atom is 0.220 e. The SMILES string of the molecule is [C-]#[N+]c1c(-c2cccc(-c3ccccc3)c2)c(C#N)c(-n2c3cc(-c4ccccc4)ccc3c3ccc4c5ccccc5sc4c32)c(-c2cccc(-c3ccccc3)c2)c1-n1c2cc(-c3ccccc3)ccc2c2ccc3c4ccccc4sc3c21. The Morgan fingerprint density at radius 3 is 1.12 bits per heavy atom. The normalized spacial score (nSPS) is 11.7. The van der Waals surface area contributed by atoms with Gasteiger partial charge in [-0.2, -0.15) is 5.26 Å². The van der Waals surface area contributed by atoms with Gasteiger partial charge in [-0.05, 0) is 92.0 Å². The Kier molecular flexibility index (Phi) is 11.4. The van der Waals surface area contributed by atoms with E-state index in [2.05, 4.69) is 288 Å². The van der Waals surface area contributed by atoms with Gasteiger partial charge in [-0.15, -0.1) is 22.7 Å². The Balaban J connectivity index is 1.16. The number of thiophene rings is 2. The maximum absolute atomic E-state index is 12.8. The lowest BCUT2D eigenvalue weighted by Gasteiger charge is -2.26. The molecule has 4 heterocycles. The van der Waals surface area contributed by atoms with Crippen LogP contribution < -0.4 is 0 Å². The molecule has 6 heteroatoms. The Labute approximate surface area is 503 Å². The Bertz CT molecular complexity index is 5450. The molecule has 0 aliphatic rings. The molecule has 4 nitrogen and oxygen atoms in total. The first-order chi connectivity index (χ1) is 42.6. The first-order valence-electron chi connectivity index (χ1n) is 28.8. The molecule has 0 spiro atoms. The third-order valence-corrected chi connectivity index (χ3v) is 19.8. The van der Waals surface area contributed by atoms with Crippen LogP contribution in [0.4, 0.5) is 5.69 Å². The topological polar surface area (TPSA) is 38.0 Å². The standard InChI is InChI=1S/C80H46N4S2/c1-82-74-72(57-30-18-28-53(44-57)49-20-6-2-7-21-49)67(48-81)75(83-68-46-55(51-24-10-4-11-25-51)36-38-59(68)63-40-42-65-61-32-14-16-34-70(61)85-79(65)76(63)83)73(58-31-19-29-54(45-58)50-22-8-3-9-23-50)78(74)84-69-47-56(52-26-12-5-13-27-52)37-39-60(69)64-41-43-66-62-33-15-17-35-71(62)86-80(66)77(64)84/h2-47H. The number of benzene rings is 13. The van der Waals surface area contributed by atoms with Crippen LogP contribution in [0.15, 0.2) is 279 Å². The molecule has 4 aromatic heterocycles. The molecular weight excluding hydrogens is 1080 g/mol. The van der Waals surface area contributed by atoms with E-state index in [9.17, 15) is 11.8 Å². The van der Waals surface area contributed by atoms with Gasteiger partial charge < -0.3 is 9.13 Å². The van der Waals surface area contributed by atoms with Crippen LogP contribution in [0.3, 0.4) is 0 Å². The lowest BCUT2D eigenvalue weighted by atomic mass is 9.87. The molecule has 0 bridgehead atoms. The predicted molar refractivity (Wildman–Crippen MR) is 364 cm³/mol. The molecule has 0 saturated heterocycles. The van der Waals surface area contributed by atoms with Crippen molar-refractivity contribution in [3.63, 3.8) is 0 Å². The van der Waals surface area contributed by atoms with Crippen LogP contribution in [-0.2, 0) is 0 Å². The van der Waals surface area contributed by atoms with Crippen LogP contribution in [0.2, 0.25) is 0 Å². The number of hydrogen-bond acceptors (Lipinski definition) is 3. The number of hydrogen-bond donors (Lipinski definition) is 0. The van der Waals surface area contributed by atoms with Crippen LogP contribution in [0.25, 0.3) is 167 Å². The number of fused-ring (bicyclic) bond motifs is 14. The highest BCUT2D eigenvalue weighted by Crippen LogP contribution is 2.55. The van der Waals surface area contributed by atoms with Crippen molar-refractivity contribution >= 4 is 112 Å². The van der Waals surface area contributed by atoms with Crippen LogP contribution in [0.1, 0.15) is 5.56 Å². The van der Waals surface area contributed by atoms with Gasteiger partial charge in [-0.25, -0.2) is 4.85 Å². The van der Waals surface area contributed by atoms with Crippen LogP contribution in [-0.4, -0.2) is 9.13 Å². The summed E-state index contributed by atoms with van der Waals surface area (Å²) in [6.45, 7) is 9.95. The highest BCUT2D eigenvalue weighted by molar-refractivity contribution is 7.27. The van der Waals surface area contributed by atoms with E-state index in [1.54, 1.807) is 22.7 Å². The van der Waals surface area contributed by atoms with E-state index in [4.69, 9.17) is 4.85 Å². The highest BCUT2D eigenvalue weighted by atomic mass is 32.1. The van der Waals surface area contributed by atoms with Gasteiger partial charge in [0.1, 0.15) is 6.07 Å². The van der Waals surface area contributed by atoms with E-state index in [0.29, 0.717) is 28.2 Å². The largest absolute Gasteiger partial charge is 0.317 e. The van der Waals surface area contributed by atoms with Gasteiger partial charge in [-0.3, -0.25) is 0 Å². The van der Waals surface area contributed by atoms with Gasteiger partial charge in [0, 0.05) is 63.6 Å². The molecule has 17 rings (SSSR count). The van der Waals surface area contributed by atoms with Crippen molar-refractivity contribution in [3.8, 4) is 84.2 Å². The molecular formula is C80H46N4S2. The van der Waals surface area contributed by atoms with Crippen LogP contribution in [0.5, 0.6) is 0 Å². The molecule has 13 aromatic carbocycles. The second kappa shape index (κ2) is 19.8. The Morgan fingerprint density at radius 2 is 0.674 bits per heavy atom. The molecule has 0 amide bonds. The number of nitrogens with zero attached hydrogens (tertiary/aromatic N) is 4. The summed E-state index contributed by atoms with van der Waals surface area (Å²) in [4.78, 5) is 4.85. The fraction of sp³-hybridized carbons (Fsp3) is 0. The summed E-state index contributed by atoms with van der Waals surface area (Å²) in [6, 6.07) is 102. The van der Waals surface area contributed by atoms with Crippen molar-refractivity contribution in [2.75, 3.05) is 0 Å². The minimum Gasteiger partial charge on any atom is -0.317 e. The van der Waals surface area contributed by atoms with Gasteiger partial charge in [0.2, 0.25) is 5.69 Å². The molecule has 0 unspecified atom stereocenters. The smallest absolute Gasteiger partial charge is 0.220 e. The maximum atomic E-state index is 12.8. The van der Waals surface area contributed by atoms with Crippen molar-refractivity contribution in [3.05, 3.63) is 296 Å². The monoisotopic (exact) mass is 1130 g/mol. The van der Waals surface area contributed by atoms with Crippen molar-refractivity contribution in [2.24, 2.45) is 0 Å². The molecule has 398 valence electrons. The van der Waals surface area contributed by atoms with E-state index in [-0.39, 0.29) is 0 Å². The third-order valence-electron chi connectivity index (χ3n) is 17.4. The number of rotatable bonds is 8. The minimum absolute atomic E-state index is 0.385. The van der Waals surface area contributed by atoms with E-state index < -0.39 is 0 Å². The summed E-state index contributed by atoms with van der Waals surface area (Å²) in [5.74, 6) is 0. The molecule has 86 heavy (non-hydrogen) atoms. The van der Waals surface area contributed by atoms with E-state index in [0.717, 1.165) is 125 Å². The zero-order chi connectivity index (χ0) is 57.0. The highest BCUT2D eigenvalue weighted by Gasteiger charge is 2.34. The van der Waals surface area contributed by atoms with Crippen molar-refractivity contribution in [1.29, 1.82) is 5.26 Å². The fourth-order valence-corrected chi connectivity index (χ4v) is 16.0. The summed E-state index contributed by atoms with van der Waals surface area (Å²) in [6.07, 6.45) is 0. The van der Waals surface area contributed by atoms with Crippen molar-refractivity contribution < 1.29 is 0 Å². The summed E-state index contributed by atoms with van der Waals surface area (Å²) in [5.41, 5.74) is 17.5. The molecule has 0 aliphatic heterocycles. The molecule has 17 aromatic rings. The van der Waals surface area contributed by atoms with E-state index in [1.807, 2.05) is 6.07 Å². The lowest BCUT2D eigenvalue weighted by molar-refractivity contribution is 1.14. The quantitative estimate of drug-likeness (QED) is 0.140. The predicted octanol–water partition coefficient (Wildman–Crippen LogP) is 23.0. The average Bonchev–Trinajstić information content (AvgIpc) is 1.54. The number of nitriles is 1. The summed E-state index contributed by atoms with van der Waals surface area (Å²) < 4.78 is 9.47. The van der Waals surface area contributed by atoms with Gasteiger partial charge >= 0.3 is 0 Å². The first-order valence-corrected chi connectivity index (χ1v) is 30.4. The number of aromatic nitrogens is 2. The Morgan fingerprint density at radius 1 is 0.314 bits per heavy atom. The minimum atomic E-state index is 0.385. The van der Waals surface area contributed by atoms with Crippen LogP contribution in [0, 0.1) is 17.9 Å². The van der Waals surface area contributed by atoms with Crippen molar-refractivity contribution in [1.82, 2.24) is 9.13 Å². The average molecular weight is 1130 g/mol.